The van der Waals surface area contributed by atoms with Gasteiger partial charge in [0, 0.05) is 24.6 Å². The molecule has 3 aromatic rings. The number of amides is 1. The van der Waals surface area contributed by atoms with Crippen molar-refractivity contribution >= 4 is 17.5 Å². The lowest BCUT2D eigenvalue weighted by atomic mass is 9.97. The second kappa shape index (κ2) is 8.81. The van der Waals surface area contributed by atoms with Crippen molar-refractivity contribution in [1.29, 1.82) is 0 Å². The van der Waals surface area contributed by atoms with E-state index in [0.29, 0.717) is 24.7 Å². The standard InChI is InChI=1S/C22H22N4O3/c27-15-19-20(16-7-3-1-4-8-16)26(11-12-29-19)21(28)17-13-23-22(24-14-17)25-18-9-5-2-6-10-18/h1-10,13-14,19-20,27H,11-12,15H2,(H,23,24,25)/t19-,20-/m0/s1. The molecule has 1 aliphatic rings. The van der Waals surface area contributed by atoms with Gasteiger partial charge in [-0.1, -0.05) is 48.5 Å². The van der Waals surface area contributed by atoms with Crippen LogP contribution in [0.1, 0.15) is 22.0 Å². The maximum Gasteiger partial charge on any atom is 0.257 e. The summed E-state index contributed by atoms with van der Waals surface area (Å²) in [4.78, 5) is 23.5. The molecular weight excluding hydrogens is 368 g/mol. The molecule has 2 atom stereocenters. The summed E-state index contributed by atoms with van der Waals surface area (Å²) in [6.45, 7) is 0.632. The Kier molecular flexibility index (Phi) is 5.79. The number of nitrogens with zero attached hydrogens (tertiary/aromatic N) is 3. The van der Waals surface area contributed by atoms with Crippen LogP contribution in [0.25, 0.3) is 0 Å². The minimum atomic E-state index is -0.477. The van der Waals surface area contributed by atoms with Crippen LogP contribution in [0.2, 0.25) is 0 Å². The van der Waals surface area contributed by atoms with Gasteiger partial charge >= 0.3 is 0 Å². The molecule has 0 spiro atoms. The van der Waals surface area contributed by atoms with Gasteiger partial charge in [-0.25, -0.2) is 9.97 Å². The van der Waals surface area contributed by atoms with Crippen LogP contribution in [0, 0.1) is 0 Å². The summed E-state index contributed by atoms with van der Waals surface area (Å²) >= 11 is 0. The fourth-order valence-electron chi connectivity index (χ4n) is 3.48. The van der Waals surface area contributed by atoms with Gasteiger partial charge in [0.1, 0.15) is 6.10 Å². The van der Waals surface area contributed by atoms with Crippen molar-refractivity contribution in [3.63, 3.8) is 0 Å². The third kappa shape index (κ3) is 4.26. The fraction of sp³-hybridized carbons (Fsp3) is 0.227. The minimum absolute atomic E-state index is 0.167. The van der Waals surface area contributed by atoms with E-state index >= 15 is 0 Å². The summed E-state index contributed by atoms with van der Waals surface area (Å²) < 4.78 is 5.71. The van der Waals surface area contributed by atoms with E-state index in [9.17, 15) is 9.90 Å². The molecule has 4 rings (SSSR count). The predicted octanol–water partition coefficient (Wildman–Crippen LogP) is 2.79. The number of benzene rings is 2. The van der Waals surface area contributed by atoms with Crippen molar-refractivity contribution in [2.45, 2.75) is 12.1 Å². The number of aliphatic hydroxyl groups excluding tert-OH is 1. The molecular formula is C22H22N4O3. The molecule has 2 N–H and O–H groups in total. The van der Waals surface area contributed by atoms with Gasteiger partial charge in [-0.2, -0.15) is 0 Å². The SMILES string of the molecule is O=C(c1cnc(Nc2ccccc2)nc1)N1CCO[C@@H](CO)[C@@H]1c1ccccc1. The van der Waals surface area contributed by atoms with E-state index in [1.807, 2.05) is 60.7 Å². The predicted molar refractivity (Wildman–Crippen MR) is 109 cm³/mol. The van der Waals surface area contributed by atoms with Crippen molar-refractivity contribution in [2.75, 3.05) is 25.1 Å². The second-order valence-electron chi connectivity index (χ2n) is 6.73. The molecule has 0 saturated carbocycles. The topological polar surface area (TPSA) is 87.6 Å². The first-order valence-electron chi connectivity index (χ1n) is 9.49. The Bertz CT molecular complexity index is 935. The summed E-state index contributed by atoms with van der Waals surface area (Å²) in [5.41, 5.74) is 2.18. The maximum atomic E-state index is 13.2. The summed E-state index contributed by atoms with van der Waals surface area (Å²) in [6, 6.07) is 18.8. The van der Waals surface area contributed by atoms with Gasteiger partial charge in [0.2, 0.25) is 5.95 Å². The molecule has 2 aromatic carbocycles. The van der Waals surface area contributed by atoms with Crippen molar-refractivity contribution in [1.82, 2.24) is 14.9 Å². The summed E-state index contributed by atoms with van der Waals surface area (Å²) in [7, 11) is 0. The van der Waals surface area contributed by atoms with Crippen molar-refractivity contribution in [2.24, 2.45) is 0 Å². The molecule has 0 bridgehead atoms. The average Bonchev–Trinajstić information content (AvgIpc) is 2.80. The van der Waals surface area contributed by atoms with Crippen LogP contribution in [-0.4, -0.2) is 51.7 Å². The number of hydrogen-bond donors (Lipinski definition) is 2. The monoisotopic (exact) mass is 390 g/mol. The Morgan fingerprint density at radius 2 is 1.72 bits per heavy atom. The largest absolute Gasteiger partial charge is 0.394 e. The van der Waals surface area contributed by atoms with Gasteiger partial charge in [0.25, 0.3) is 5.91 Å². The lowest BCUT2D eigenvalue weighted by molar-refractivity contribution is -0.0811. The van der Waals surface area contributed by atoms with E-state index in [1.54, 1.807) is 4.90 Å². The number of carbonyl (C=O) groups excluding carboxylic acids is 1. The molecule has 7 heteroatoms. The number of aromatic nitrogens is 2. The first-order chi connectivity index (χ1) is 14.3. The number of carbonyl (C=O) groups is 1. The Balaban J connectivity index is 1.55. The van der Waals surface area contributed by atoms with Crippen LogP contribution >= 0.6 is 0 Å². The molecule has 2 heterocycles. The number of nitrogens with one attached hydrogen (secondary N) is 1. The average molecular weight is 390 g/mol. The molecule has 29 heavy (non-hydrogen) atoms. The zero-order chi connectivity index (χ0) is 20.1. The first kappa shape index (κ1) is 19.0. The first-order valence-corrected chi connectivity index (χ1v) is 9.49. The highest BCUT2D eigenvalue weighted by molar-refractivity contribution is 5.94. The Hall–Kier alpha value is -3.29. The normalized spacial score (nSPS) is 19.0. The maximum absolute atomic E-state index is 13.2. The second-order valence-corrected chi connectivity index (χ2v) is 6.73. The number of morpholine rings is 1. The van der Waals surface area contributed by atoms with Crippen LogP contribution in [0.15, 0.2) is 73.1 Å². The molecule has 148 valence electrons. The highest BCUT2D eigenvalue weighted by Gasteiger charge is 2.36. The molecule has 1 saturated heterocycles. The molecule has 1 aliphatic heterocycles. The molecule has 0 aliphatic carbocycles. The van der Waals surface area contributed by atoms with E-state index in [1.165, 1.54) is 12.4 Å². The summed E-state index contributed by atoms with van der Waals surface area (Å²) in [5, 5.41) is 12.9. The Morgan fingerprint density at radius 3 is 2.38 bits per heavy atom. The number of anilines is 2. The molecule has 7 nitrogen and oxygen atoms in total. The van der Waals surface area contributed by atoms with Crippen LogP contribution < -0.4 is 5.32 Å². The van der Waals surface area contributed by atoms with Gasteiger partial charge in [-0.05, 0) is 17.7 Å². The van der Waals surface area contributed by atoms with E-state index in [4.69, 9.17) is 4.74 Å². The molecule has 1 aromatic heterocycles. The molecule has 0 unspecified atom stereocenters. The fourth-order valence-corrected chi connectivity index (χ4v) is 3.48. The molecule has 0 radical (unpaired) electrons. The van der Waals surface area contributed by atoms with E-state index in [-0.39, 0.29) is 18.6 Å². The van der Waals surface area contributed by atoms with Gasteiger partial charge in [-0.15, -0.1) is 0 Å². The third-order valence-electron chi connectivity index (χ3n) is 4.86. The number of aliphatic hydroxyl groups is 1. The highest BCUT2D eigenvalue weighted by Crippen LogP contribution is 2.30. The van der Waals surface area contributed by atoms with Gasteiger partial charge in [0.15, 0.2) is 0 Å². The Labute approximate surface area is 169 Å². The number of ether oxygens (including phenoxy) is 1. The molecule has 1 amide bonds. The lowest BCUT2D eigenvalue weighted by Gasteiger charge is -2.40. The van der Waals surface area contributed by atoms with Gasteiger partial charge < -0.3 is 20.1 Å². The lowest BCUT2D eigenvalue weighted by Crippen LogP contribution is -2.49. The number of para-hydroxylation sites is 1. The van der Waals surface area contributed by atoms with Crippen molar-refractivity contribution in [3.8, 4) is 0 Å². The van der Waals surface area contributed by atoms with Crippen LogP contribution in [0.5, 0.6) is 0 Å². The van der Waals surface area contributed by atoms with E-state index in [2.05, 4.69) is 15.3 Å². The zero-order valence-corrected chi connectivity index (χ0v) is 15.8. The minimum Gasteiger partial charge on any atom is -0.394 e. The molecule has 1 fully saturated rings. The van der Waals surface area contributed by atoms with Crippen molar-refractivity contribution < 1.29 is 14.6 Å². The van der Waals surface area contributed by atoms with Crippen molar-refractivity contribution in [3.05, 3.63) is 84.2 Å². The summed E-state index contributed by atoms with van der Waals surface area (Å²) in [6.07, 6.45) is 2.56. The van der Waals surface area contributed by atoms with Gasteiger partial charge in [0.05, 0.1) is 24.8 Å². The van der Waals surface area contributed by atoms with E-state index < -0.39 is 6.10 Å². The van der Waals surface area contributed by atoms with Crippen LogP contribution in [-0.2, 0) is 4.74 Å². The number of hydrogen-bond acceptors (Lipinski definition) is 6. The van der Waals surface area contributed by atoms with Crippen LogP contribution in [0.3, 0.4) is 0 Å². The quantitative estimate of drug-likeness (QED) is 0.697. The highest BCUT2D eigenvalue weighted by atomic mass is 16.5. The van der Waals surface area contributed by atoms with Crippen LogP contribution in [0.4, 0.5) is 11.6 Å². The zero-order valence-electron chi connectivity index (χ0n) is 15.8. The van der Waals surface area contributed by atoms with Gasteiger partial charge in [-0.3, -0.25) is 4.79 Å². The number of rotatable bonds is 5. The smallest absolute Gasteiger partial charge is 0.257 e. The third-order valence-corrected chi connectivity index (χ3v) is 4.86. The Morgan fingerprint density at radius 1 is 1.07 bits per heavy atom. The summed E-state index contributed by atoms with van der Waals surface area (Å²) in [5.74, 6) is 0.231. The van der Waals surface area contributed by atoms with E-state index in [0.717, 1.165) is 11.3 Å².